The summed E-state index contributed by atoms with van der Waals surface area (Å²) in [5, 5.41) is 42.6. The van der Waals surface area contributed by atoms with Gasteiger partial charge in [-0.2, -0.15) is 0 Å². The van der Waals surface area contributed by atoms with Crippen molar-refractivity contribution in [2.24, 2.45) is 17.8 Å². The van der Waals surface area contributed by atoms with Gasteiger partial charge in [-0.05, 0) is 24.3 Å². The predicted molar refractivity (Wildman–Crippen MR) is 71.5 cm³/mol. The van der Waals surface area contributed by atoms with Gasteiger partial charge in [0, 0.05) is 12.3 Å². The van der Waals surface area contributed by atoms with Crippen molar-refractivity contribution >= 4 is 0 Å². The molecule has 5 nitrogen and oxygen atoms in total. The van der Waals surface area contributed by atoms with Crippen molar-refractivity contribution in [1.82, 2.24) is 0 Å². The molecule has 0 aromatic heterocycles. The Bertz CT molecular complexity index is 485. The minimum atomic E-state index is -1.74. The van der Waals surface area contributed by atoms with Crippen LogP contribution in [0.15, 0.2) is 24.3 Å². The van der Waals surface area contributed by atoms with Gasteiger partial charge in [0.1, 0.15) is 11.2 Å². The first kappa shape index (κ1) is 14.2. The second-order valence-electron chi connectivity index (χ2n) is 6.76. The first-order valence-corrected chi connectivity index (χ1v) is 7.00. The molecule has 5 heteroatoms. The molecule has 7 atom stereocenters. The van der Waals surface area contributed by atoms with Gasteiger partial charge in [-0.15, -0.1) is 0 Å². The van der Waals surface area contributed by atoms with Gasteiger partial charge >= 0.3 is 0 Å². The number of rotatable bonds is 0. The lowest BCUT2D eigenvalue weighted by Gasteiger charge is -2.56. The standard InChI is InChI=1S/C15H22O5/c1-8-6-14(18)15(19,9(2)7-20-14)11-10(8)4-5-13(3,17)12(11)16/h4-5,8,10-12,16-19H,2,6-7H2,1,3H3/t8-,10+,11+,12-,13+,14+,15+/m0/s1. The lowest BCUT2D eigenvalue weighted by molar-refractivity contribution is -0.312. The normalized spacial score (nSPS) is 58.4. The highest BCUT2D eigenvalue weighted by atomic mass is 16.6. The lowest BCUT2D eigenvalue weighted by atomic mass is 9.55. The molecule has 0 bridgehead atoms. The molecule has 1 aliphatic heterocycles. The van der Waals surface area contributed by atoms with Gasteiger partial charge in [0.2, 0.25) is 0 Å². The van der Waals surface area contributed by atoms with Gasteiger partial charge in [-0.25, -0.2) is 0 Å². The molecule has 0 amide bonds. The molecule has 20 heavy (non-hydrogen) atoms. The van der Waals surface area contributed by atoms with Gasteiger partial charge < -0.3 is 25.2 Å². The first-order valence-electron chi connectivity index (χ1n) is 7.00. The molecule has 3 aliphatic rings. The van der Waals surface area contributed by atoms with Crippen LogP contribution in [0.1, 0.15) is 20.3 Å². The Labute approximate surface area is 118 Å². The number of hydrogen-bond donors (Lipinski definition) is 4. The first-order chi connectivity index (χ1) is 9.13. The van der Waals surface area contributed by atoms with E-state index >= 15 is 0 Å². The zero-order chi connectivity index (χ0) is 14.9. The third-order valence-corrected chi connectivity index (χ3v) is 5.37. The van der Waals surface area contributed by atoms with Gasteiger partial charge in [0.05, 0.1) is 12.7 Å². The van der Waals surface area contributed by atoms with Crippen molar-refractivity contribution in [2.75, 3.05) is 6.61 Å². The van der Waals surface area contributed by atoms with E-state index in [1.165, 1.54) is 6.92 Å². The summed E-state index contributed by atoms with van der Waals surface area (Å²) < 4.78 is 5.38. The Morgan fingerprint density at radius 2 is 2.00 bits per heavy atom. The SMILES string of the molecule is C=C1CO[C@]2(O)C[C@H](C)[C@H]3C=C[C@@](C)(O)[C@@H](O)[C@@H]3[C@]12O. The summed E-state index contributed by atoms with van der Waals surface area (Å²) >= 11 is 0. The molecule has 0 radical (unpaired) electrons. The number of hydrogen-bond acceptors (Lipinski definition) is 5. The zero-order valence-electron chi connectivity index (χ0n) is 11.8. The van der Waals surface area contributed by atoms with Crippen LogP contribution in [-0.4, -0.2) is 50.1 Å². The highest BCUT2D eigenvalue weighted by Gasteiger charge is 2.69. The van der Waals surface area contributed by atoms with Gasteiger partial charge in [0.25, 0.3) is 0 Å². The number of aliphatic hydroxyl groups excluding tert-OH is 1. The Hall–Kier alpha value is -0.720. The summed E-state index contributed by atoms with van der Waals surface area (Å²) in [6, 6.07) is 0. The van der Waals surface area contributed by atoms with Crippen molar-refractivity contribution in [3.63, 3.8) is 0 Å². The largest absolute Gasteiger partial charge is 0.389 e. The van der Waals surface area contributed by atoms with Gasteiger partial charge in [0.15, 0.2) is 5.79 Å². The number of ether oxygens (including phenoxy) is 1. The Balaban J connectivity index is 2.15. The van der Waals surface area contributed by atoms with E-state index in [0.717, 1.165) is 0 Å². The van der Waals surface area contributed by atoms with Crippen LogP contribution in [0.2, 0.25) is 0 Å². The van der Waals surface area contributed by atoms with Crippen LogP contribution < -0.4 is 0 Å². The maximum absolute atomic E-state index is 11.1. The topological polar surface area (TPSA) is 90.2 Å². The monoisotopic (exact) mass is 282 g/mol. The van der Waals surface area contributed by atoms with Gasteiger partial charge in [-0.1, -0.05) is 25.7 Å². The van der Waals surface area contributed by atoms with Crippen LogP contribution in [0.4, 0.5) is 0 Å². The van der Waals surface area contributed by atoms with E-state index in [1.54, 1.807) is 6.08 Å². The van der Waals surface area contributed by atoms with Crippen molar-refractivity contribution in [3.05, 3.63) is 24.3 Å². The molecule has 0 spiro atoms. The molecule has 0 unspecified atom stereocenters. The average molecular weight is 282 g/mol. The molecule has 1 saturated carbocycles. The van der Waals surface area contributed by atoms with Crippen molar-refractivity contribution in [3.8, 4) is 0 Å². The summed E-state index contributed by atoms with van der Waals surface area (Å²) in [7, 11) is 0. The van der Waals surface area contributed by atoms with Crippen LogP contribution in [0.25, 0.3) is 0 Å². The lowest BCUT2D eigenvalue weighted by Crippen LogP contribution is -2.69. The summed E-state index contributed by atoms with van der Waals surface area (Å²) in [6.45, 7) is 7.29. The zero-order valence-corrected chi connectivity index (χ0v) is 11.8. The third-order valence-electron chi connectivity index (χ3n) is 5.37. The fourth-order valence-electron chi connectivity index (χ4n) is 4.13. The molecule has 2 aliphatic carbocycles. The molecule has 3 rings (SSSR count). The maximum Gasteiger partial charge on any atom is 0.199 e. The maximum atomic E-state index is 11.1. The smallest absolute Gasteiger partial charge is 0.199 e. The quantitative estimate of drug-likeness (QED) is 0.468. The fourth-order valence-corrected chi connectivity index (χ4v) is 4.13. The van der Waals surface area contributed by atoms with E-state index in [1.807, 2.05) is 13.0 Å². The van der Waals surface area contributed by atoms with E-state index in [2.05, 4.69) is 6.58 Å². The molecule has 0 aromatic rings. The molecule has 1 saturated heterocycles. The number of aliphatic hydroxyl groups is 4. The average Bonchev–Trinajstić information content (AvgIpc) is 2.58. The Morgan fingerprint density at radius 3 is 2.65 bits per heavy atom. The molecule has 2 fully saturated rings. The minimum absolute atomic E-state index is 0.0122. The Kier molecular flexibility index (Phi) is 2.79. The second-order valence-corrected chi connectivity index (χ2v) is 6.76. The van der Waals surface area contributed by atoms with Crippen LogP contribution in [-0.2, 0) is 4.74 Å². The van der Waals surface area contributed by atoms with Crippen molar-refractivity contribution in [1.29, 1.82) is 0 Å². The number of allylic oxidation sites excluding steroid dienone is 1. The van der Waals surface area contributed by atoms with E-state index in [4.69, 9.17) is 4.74 Å². The summed E-state index contributed by atoms with van der Waals surface area (Å²) in [6.07, 6.45) is 2.46. The van der Waals surface area contributed by atoms with E-state index in [0.29, 0.717) is 5.57 Å². The van der Waals surface area contributed by atoms with Crippen LogP contribution in [0, 0.1) is 17.8 Å². The molecule has 4 N–H and O–H groups in total. The highest BCUT2D eigenvalue weighted by molar-refractivity contribution is 5.33. The summed E-state index contributed by atoms with van der Waals surface area (Å²) in [5.74, 6) is -2.62. The highest BCUT2D eigenvalue weighted by Crippen LogP contribution is 2.57. The van der Waals surface area contributed by atoms with Crippen LogP contribution in [0.3, 0.4) is 0 Å². The van der Waals surface area contributed by atoms with E-state index < -0.39 is 29.0 Å². The van der Waals surface area contributed by atoms with Crippen molar-refractivity contribution < 1.29 is 25.2 Å². The second kappa shape index (κ2) is 3.93. The third kappa shape index (κ3) is 1.50. The van der Waals surface area contributed by atoms with Crippen LogP contribution in [0.5, 0.6) is 0 Å². The Morgan fingerprint density at radius 1 is 1.35 bits per heavy atom. The predicted octanol–water partition coefficient (Wildman–Crippen LogP) is -0.0536. The molecular formula is C15H22O5. The van der Waals surface area contributed by atoms with E-state index in [9.17, 15) is 20.4 Å². The fraction of sp³-hybridized carbons (Fsp3) is 0.733. The minimum Gasteiger partial charge on any atom is -0.389 e. The molecule has 1 heterocycles. The molecule has 112 valence electrons. The van der Waals surface area contributed by atoms with Crippen molar-refractivity contribution in [2.45, 2.75) is 43.4 Å². The number of fused-ring (bicyclic) bond motifs is 3. The molecular weight excluding hydrogens is 260 g/mol. The molecule has 0 aromatic carbocycles. The summed E-state index contributed by atoms with van der Waals surface area (Å²) in [5.41, 5.74) is -2.83. The van der Waals surface area contributed by atoms with E-state index in [-0.39, 0.29) is 24.9 Å². The van der Waals surface area contributed by atoms with Crippen LogP contribution >= 0.6 is 0 Å². The van der Waals surface area contributed by atoms with Gasteiger partial charge in [-0.3, -0.25) is 0 Å². The summed E-state index contributed by atoms with van der Waals surface area (Å²) in [4.78, 5) is 0.